The van der Waals surface area contributed by atoms with Crippen LogP contribution in [0.5, 0.6) is 0 Å². The fourth-order valence-electron chi connectivity index (χ4n) is 1.67. The van der Waals surface area contributed by atoms with Crippen LogP contribution in [0.4, 0.5) is 19.0 Å². The molecule has 0 spiro atoms. The van der Waals surface area contributed by atoms with Gasteiger partial charge in [0.25, 0.3) is 0 Å². The van der Waals surface area contributed by atoms with Gasteiger partial charge in [-0.05, 0) is 26.8 Å². The van der Waals surface area contributed by atoms with Gasteiger partial charge in [-0.25, -0.2) is 4.98 Å². The Morgan fingerprint density at radius 1 is 1.33 bits per heavy atom. The lowest BCUT2D eigenvalue weighted by atomic mass is 10.1. The smallest absolute Gasteiger partial charge is 0.389 e. The summed E-state index contributed by atoms with van der Waals surface area (Å²) in [5, 5.41) is 9.59. The molecule has 1 heterocycles. The summed E-state index contributed by atoms with van der Waals surface area (Å²) in [4.78, 5) is 5.11. The zero-order valence-corrected chi connectivity index (χ0v) is 10.6. The minimum atomic E-state index is -4.31. The number of aromatic nitrogens is 1. The maximum absolute atomic E-state index is 12.6. The lowest BCUT2D eigenvalue weighted by Crippen LogP contribution is -2.40. The van der Waals surface area contributed by atoms with Crippen LogP contribution < -0.4 is 4.90 Å². The number of hydrogen-bond donors (Lipinski definition) is 1. The van der Waals surface area contributed by atoms with Crippen molar-refractivity contribution >= 4 is 5.82 Å². The van der Waals surface area contributed by atoms with Crippen LogP contribution in [0.15, 0.2) is 18.3 Å². The molecule has 0 saturated carbocycles. The van der Waals surface area contributed by atoms with Crippen molar-refractivity contribution in [3.8, 4) is 0 Å². The van der Waals surface area contributed by atoms with E-state index in [1.54, 1.807) is 26.0 Å². The molecule has 6 heteroatoms. The van der Waals surface area contributed by atoms with Gasteiger partial charge in [-0.15, -0.1) is 0 Å². The molecular weight excluding hydrogens is 245 g/mol. The summed E-state index contributed by atoms with van der Waals surface area (Å²) in [6, 6.07) is 2.81. The number of hydrogen-bond acceptors (Lipinski definition) is 3. The summed E-state index contributed by atoms with van der Waals surface area (Å²) in [5.41, 5.74) is 0.399. The molecule has 0 aliphatic rings. The molecule has 0 fully saturated rings. The van der Waals surface area contributed by atoms with Crippen molar-refractivity contribution in [2.45, 2.75) is 39.1 Å². The highest BCUT2D eigenvalue weighted by atomic mass is 19.4. The van der Waals surface area contributed by atoms with E-state index in [1.807, 2.05) is 0 Å². The molecule has 0 saturated heterocycles. The molecule has 0 aromatic carbocycles. The molecular formula is C12H17F3N2O. The molecule has 0 radical (unpaired) electrons. The van der Waals surface area contributed by atoms with Crippen LogP contribution in [0.3, 0.4) is 0 Å². The molecule has 1 aromatic rings. The lowest BCUT2D eigenvalue weighted by molar-refractivity contribution is -0.120. The van der Waals surface area contributed by atoms with Gasteiger partial charge in [0.2, 0.25) is 0 Å². The van der Waals surface area contributed by atoms with Crippen molar-refractivity contribution in [3.05, 3.63) is 23.9 Å². The third kappa shape index (κ3) is 3.87. The largest absolute Gasteiger partial charge is 0.405 e. The second kappa shape index (κ2) is 5.56. The summed E-state index contributed by atoms with van der Waals surface area (Å²) < 4.78 is 37.7. The number of aliphatic hydroxyl groups excluding tert-OH is 1. The first-order valence-electron chi connectivity index (χ1n) is 5.68. The van der Waals surface area contributed by atoms with E-state index in [2.05, 4.69) is 4.98 Å². The Hall–Kier alpha value is -1.30. The number of rotatable bonds is 4. The first kappa shape index (κ1) is 14.8. The Morgan fingerprint density at radius 3 is 2.39 bits per heavy atom. The first-order valence-corrected chi connectivity index (χ1v) is 5.68. The van der Waals surface area contributed by atoms with E-state index in [9.17, 15) is 18.3 Å². The van der Waals surface area contributed by atoms with Gasteiger partial charge in [0.15, 0.2) is 0 Å². The zero-order chi connectivity index (χ0) is 13.9. The summed E-state index contributed by atoms with van der Waals surface area (Å²) in [6.45, 7) is 3.74. The monoisotopic (exact) mass is 262 g/mol. The Balaban J connectivity index is 3.14. The number of aliphatic hydroxyl groups is 1. The minimum absolute atomic E-state index is 0.180. The molecule has 18 heavy (non-hydrogen) atoms. The number of alkyl halides is 3. The Labute approximate surface area is 104 Å². The van der Waals surface area contributed by atoms with Gasteiger partial charge >= 0.3 is 6.18 Å². The zero-order valence-electron chi connectivity index (χ0n) is 10.6. The normalized spacial score (nSPS) is 13.8. The Morgan fingerprint density at radius 2 is 1.94 bits per heavy atom. The van der Waals surface area contributed by atoms with E-state index in [0.29, 0.717) is 5.56 Å². The maximum atomic E-state index is 12.6. The topological polar surface area (TPSA) is 36.4 Å². The summed E-state index contributed by atoms with van der Waals surface area (Å²) in [7, 11) is 0. The molecule has 3 nitrogen and oxygen atoms in total. The molecule has 0 amide bonds. The van der Waals surface area contributed by atoms with Crippen molar-refractivity contribution in [3.63, 3.8) is 0 Å². The molecule has 0 bridgehead atoms. The van der Waals surface area contributed by atoms with Crippen LogP contribution in [0.2, 0.25) is 0 Å². The van der Waals surface area contributed by atoms with Crippen molar-refractivity contribution in [1.82, 2.24) is 4.98 Å². The number of halogens is 3. The van der Waals surface area contributed by atoms with Crippen LogP contribution in [-0.2, 0) is 0 Å². The third-order valence-corrected chi connectivity index (χ3v) is 2.51. The second-order valence-electron chi connectivity index (χ2n) is 4.43. The molecule has 1 atom stereocenters. The van der Waals surface area contributed by atoms with Crippen LogP contribution >= 0.6 is 0 Å². The van der Waals surface area contributed by atoms with Gasteiger partial charge in [-0.3, -0.25) is 0 Å². The van der Waals surface area contributed by atoms with Crippen molar-refractivity contribution in [1.29, 1.82) is 0 Å². The number of pyridine rings is 1. The fraction of sp³-hybridized carbons (Fsp3) is 0.583. The van der Waals surface area contributed by atoms with Gasteiger partial charge in [0, 0.05) is 17.8 Å². The summed E-state index contributed by atoms with van der Waals surface area (Å²) >= 11 is 0. The van der Waals surface area contributed by atoms with Crippen LogP contribution in [0.25, 0.3) is 0 Å². The SMILES string of the molecule is CC(C)N(CC(F)(F)F)c1ncccc1[C@H](C)O. The Kier molecular flexibility index (Phi) is 4.56. The molecule has 1 rings (SSSR count). The van der Waals surface area contributed by atoms with Crippen LogP contribution in [-0.4, -0.2) is 28.9 Å². The second-order valence-corrected chi connectivity index (χ2v) is 4.43. The predicted molar refractivity (Wildman–Crippen MR) is 63.4 cm³/mol. The van der Waals surface area contributed by atoms with Gasteiger partial charge in [0.1, 0.15) is 12.4 Å². The quantitative estimate of drug-likeness (QED) is 0.906. The van der Waals surface area contributed by atoms with Gasteiger partial charge in [0.05, 0.1) is 6.10 Å². The predicted octanol–water partition coefficient (Wildman–Crippen LogP) is 2.91. The molecule has 1 N–H and O–H groups in total. The first-order chi connectivity index (χ1) is 8.22. The van der Waals surface area contributed by atoms with Crippen molar-refractivity contribution < 1.29 is 18.3 Å². The van der Waals surface area contributed by atoms with Crippen LogP contribution in [0.1, 0.15) is 32.4 Å². The number of nitrogens with zero attached hydrogens (tertiary/aromatic N) is 2. The molecule has 102 valence electrons. The minimum Gasteiger partial charge on any atom is -0.389 e. The average molecular weight is 262 g/mol. The van der Waals surface area contributed by atoms with Crippen molar-refractivity contribution in [2.24, 2.45) is 0 Å². The van der Waals surface area contributed by atoms with Gasteiger partial charge < -0.3 is 10.0 Å². The van der Waals surface area contributed by atoms with E-state index in [4.69, 9.17) is 0 Å². The molecule has 0 aliphatic carbocycles. The van der Waals surface area contributed by atoms with Crippen LogP contribution in [0, 0.1) is 0 Å². The maximum Gasteiger partial charge on any atom is 0.405 e. The average Bonchev–Trinajstić information content (AvgIpc) is 2.24. The van der Waals surface area contributed by atoms with Gasteiger partial charge in [-0.2, -0.15) is 13.2 Å². The van der Waals surface area contributed by atoms with Crippen molar-refractivity contribution in [2.75, 3.05) is 11.4 Å². The standard InChI is InChI=1S/C12H17F3N2O/c1-8(2)17(7-12(13,14)15)11-10(9(3)18)5-4-6-16-11/h4-6,8-9,18H,7H2,1-3H3/t9-/m0/s1. The van der Waals surface area contributed by atoms with E-state index in [1.165, 1.54) is 13.1 Å². The Bertz CT molecular complexity index is 391. The number of anilines is 1. The highest BCUT2D eigenvalue weighted by Crippen LogP contribution is 2.28. The van der Waals surface area contributed by atoms with E-state index >= 15 is 0 Å². The summed E-state index contributed by atoms with van der Waals surface area (Å²) in [6.07, 6.45) is -3.74. The fourth-order valence-corrected chi connectivity index (χ4v) is 1.67. The molecule has 0 unspecified atom stereocenters. The molecule has 1 aromatic heterocycles. The van der Waals surface area contributed by atoms with Gasteiger partial charge in [-0.1, -0.05) is 6.07 Å². The third-order valence-electron chi connectivity index (χ3n) is 2.51. The molecule has 0 aliphatic heterocycles. The summed E-state index contributed by atoms with van der Waals surface area (Å²) in [5.74, 6) is 0.180. The van der Waals surface area contributed by atoms with E-state index in [0.717, 1.165) is 4.90 Å². The highest BCUT2D eigenvalue weighted by Gasteiger charge is 2.33. The van der Waals surface area contributed by atoms with E-state index < -0.39 is 18.8 Å². The highest BCUT2D eigenvalue weighted by molar-refractivity contribution is 5.48. The van der Waals surface area contributed by atoms with E-state index in [-0.39, 0.29) is 11.9 Å². The lowest BCUT2D eigenvalue weighted by Gasteiger charge is -2.30.